The lowest BCUT2D eigenvalue weighted by Crippen LogP contribution is -2.43. The van der Waals surface area contributed by atoms with Crippen LogP contribution in [0.4, 0.5) is 0 Å². The molecule has 0 bridgehead atoms. The first-order valence-electron chi connectivity index (χ1n) is 8.68. The molecule has 0 aromatic carbocycles. The van der Waals surface area contributed by atoms with Crippen LogP contribution in [-0.2, 0) is 9.53 Å². The van der Waals surface area contributed by atoms with E-state index in [0.29, 0.717) is 17.6 Å². The summed E-state index contributed by atoms with van der Waals surface area (Å²) in [5.74, 6) is 2.75. The molecule has 0 radical (unpaired) electrons. The number of ether oxygens (including phenoxy) is 1. The monoisotopic (exact) mass is 298 g/mol. The van der Waals surface area contributed by atoms with Gasteiger partial charge in [0, 0.05) is 23.7 Å². The molecule has 4 aliphatic carbocycles. The van der Waals surface area contributed by atoms with Crippen molar-refractivity contribution in [2.75, 3.05) is 7.11 Å². The lowest BCUT2D eigenvalue weighted by atomic mass is 9.53. The topological polar surface area (TPSA) is 26.3 Å². The van der Waals surface area contributed by atoms with Gasteiger partial charge in [0.15, 0.2) is 0 Å². The number of carbonyl (C=O) groups excluding carboxylic acids is 1. The molecule has 2 nitrogen and oxygen atoms in total. The molecule has 0 aromatic heterocycles. The number of fused-ring (bicyclic) bond motifs is 5. The number of methoxy groups -OCH3 is 1. The van der Waals surface area contributed by atoms with E-state index in [-0.39, 0.29) is 10.8 Å². The molecular formula is C20H26O2. The predicted octanol–water partition coefficient (Wildman–Crippen LogP) is 4.58. The predicted molar refractivity (Wildman–Crippen MR) is 87.2 cm³/mol. The van der Waals surface area contributed by atoms with Gasteiger partial charge in [-0.25, -0.2) is 0 Å². The van der Waals surface area contributed by atoms with Crippen LogP contribution in [0.5, 0.6) is 0 Å². The summed E-state index contributed by atoms with van der Waals surface area (Å²) in [5.41, 5.74) is 3.13. The first-order chi connectivity index (χ1) is 10.5. The molecule has 1 saturated carbocycles. The molecule has 0 unspecified atom stereocenters. The fourth-order valence-electron chi connectivity index (χ4n) is 5.56. The van der Waals surface area contributed by atoms with E-state index in [0.717, 1.165) is 44.3 Å². The maximum atomic E-state index is 12.4. The number of hydrogen-bond donors (Lipinski definition) is 0. The highest BCUT2D eigenvalue weighted by atomic mass is 16.5. The normalized spacial score (nSPS) is 43.4. The first kappa shape index (κ1) is 14.3. The number of Topliss-reactive ketones (excluding diaryl/α,β-unsaturated/α-hetero) is 1. The van der Waals surface area contributed by atoms with Crippen LogP contribution >= 0.6 is 0 Å². The number of hydrogen-bond acceptors (Lipinski definition) is 2. The van der Waals surface area contributed by atoms with E-state index in [1.807, 2.05) is 0 Å². The summed E-state index contributed by atoms with van der Waals surface area (Å²) < 4.78 is 5.48. The van der Waals surface area contributed by atoms with E-state index in [4.69, 9.17) is 4.74 Å². The molecule has 4 atom stereocenters. The van der Waals surface area contributed by atoms with Gasteiger partial charge in [0.05, 0.1) is 12.9 Å². The van der Waals surface area contributed by atoms with Gasteiger partial charge in [0.1, 0.15) is 5.78 Å². The highest BCUT2D eigenvalue weighted by Gasteiger charge is 2.54. The van der Waals surface area contributed by atoms with Crippen LogP contribution in [0.1, 0.15) is 52.4 Å². The van der Waals surface area contributed by atoms with E-state index in [9.17, 15) is 4.79 Å². The van der Waals surface area contributed by atoms with Gasteiger partial charge in [-0.3, -0.25) is 4.79 Å². The first-order valence-corrected chi connectivity index (χ1v) is 8.68. The third kappa shape index (κ3) is 1.70. The third-order valence-corrected chi connectivity index (χ3v) is 7.09. The van der Waals surface area contributed by atoms with Crippen molar-refractivity contribution in [1.29, 1.82) is 0 Å². The molecule has 2 heteroatoms. The fraction of sp³-hybridized carbons (Fsp3) is 0.650. The van der Waals surface area contributed by atoms with E-state index in [1.165, 1.54) is 5.57 Å². The molecule has 1 fully saturated rings. The van der Waals surface area contributed by atoms with Gasteiger partial charge in [0.25, 0.3) is 0 Å². The Bertz CT molecular complexity index is 624. The molecule has 4 aliphatic rings. The Balaban J connectivity index is 1.76. The minimum absolute atomic E-state index is 0.0853. The molecule has 4 rings (SSSR count). The Labute approximate surface area is 133 Å². The molecule has 0 aromatic rings. The van der Waals surface area contributed by atoms with Crippen molar-refractivity contribution in [2.45, 2.75) is 52.4 Å². The molecular weight excluding hydrogens is 272 g/mol. The van der Waals surface area contributed by atoms with Crippen LogP contribution in [0, 0.1) is 22.7 Å². The average molecular weight is 298 g/mol. The Morgan fingerprint density at radius 1 is 1.23 bits per heavy atom. The SMILES string of the molecule is COC1=CC2=CC[C@@H]3C(=CC[C@]4(C)C(=O)CC[C@@H]34)[C@@]2(C)CC1. The van der Waals surface area contributed by atoms with Crippen molar-refractivity contribution in [3.8, 4) is 0 Å². The zero-order chi connectivity index (χ0) is 15.5. The lowest BCUT2D eigenvalue weighted by molar-refractivity contribution is -0.127. The minimum Gasteiger partial charge on any atom is -0.501 e. The van der Waals surface area contributed by atoms with Crippen molar-refractivity contribution in [3.05, 3.63) is 35.1 Å². The van der Waals surface area contributed by atoms with Gasteiger partial charge >= 0.3 is 0 Å². The van der Waals surface area contributed by atoms with Crippen molar-refractivity contribution in [2.24, 2.45) is 22.7 Å². The Morgan fingerprint density at radius 2 is 2.05 bits per heavy atom. The molecule has 0 heterocycles. The van der Waals surface area contributed by atoms with Crippen LogP contribution < -0.4 is 0 Å². The quantitative estimate of drug-likeness (QED) is 0.662. The zero-order valence-corrected chi connectivity index (χ0v) is 13.9. The molecule has 0 N–H and O–H groups in total. The zero-order valence-electron chi connectivity index (χ0n) is 13.9. The highest BCUT2D eigenvalue weighted by Crippen LogP contribution is 2.61. The van der Waals surface area contributed by atoms with E-state index < -0.39 is 0 Å². The maximum Gasteiger partial charge on any atom is 0.139 e. The van der Waals surface area contributed by atoms with Gasteiger partial charge in [-0.15, -0.1) is 0 Å². The van der Waals surface area contributed by atoms with Gasteiger partial charge in [-0.05, 0) is 49.2 Å². The lowest BCUT2D eigenvalue weighted by Gasteiger charge is -2.50. The number of rotatable bonds is 1. The fourth-order valence-corrected chi connectivity index (χ4v) is 5.56. The molecule has 0 spiro atoms. The smallest absolute Gasteiger partial charge is 0.139 e. The number of carbonyl (C=O) groups is 1. The molecule has 0 amide bonds. The average Bonchev–Trinajstić information content (AvgIpc) is 2.82. The van der Waals surface area contributed by atoms with Gasteiger partial charge in [0.2, 0.25) is 0 Å². The summed E-state index contributed by atoms with van der Waals surface area (Å²) in [6.07, 6.45) is 13.2. The van der Waals surface area contributed by atoms with Crippen LogP contribution in [0.2, 0.25) is 0 Å². The van der Waals surface area contributed by atoms with Gasteiger partial charge in [-0.1, -0.05) is 31.6 Å². The molecule has 118 valence electrons. The Morgan fingerprint density at radius 3 is 2.82 bits per heavy atom. The summed E-state index contributed by atoms with van der Waals surface area (Å²) in [7, 11) is 1.77. The summed E-state index contributed by atoms with van der Waals surface area (Å²) in [5, 5.41) is 0. The summed E-state index contributed by atoms with van der Waals surface area (Å²) in [6, 6.07) is 0. The Hall–Kier alpha value is -1.31. The summed E-state index contributed by atoms with van der Waals surface area (Å²) in [6.45, 7) is 4.62. The highest BCUT2D eigenvalue weighted by molar-refractivity contribution is 5.87. The summed E-state index contributed by atoms with van der Waals surface area (Å²) >= 11 is 0. The standard InChI is InChI=1S/C20H26O2/c1-19-10-8-14(22-3)12-13(19)4-5-15-16-6-7-18(21)20(16,2)11-9-17(15)19/h4,9,12,15-16H,5-8,10-11H2,1-3H3/t15-,16-,19-,20-/m0/s1. The second-order valence-corrected chi connectivity index (χ2v) is 8.00. The largest absolute Gasteiger partial charge is 0.501 e. The van der Waals surface area contributed by atoms with Gasteiger partial charge < -0.3 is 4.74 Å². The van der Waals surface area contributed by atoms with Crippen LogP contribution in [0.3, 0.4) is 0 Å². The summed E-state index contributed by atoms with van der Waals surface area (Å²) in [4.78, 5) is 12.4. The second kappa shape index (κ2) is 4.59. The van der Waals surface area contributed by atoms with Crippen LogP contribution in [0.25, 0.3) is 0 Å². The Kier molecular flexibility index (Phi) is 2.99. The van der Waals surface area contributed by atoms with Crippen molar-refractivity contribution in [1.82, 2.24) is 0 Å². The third-order valence-electron chi connectivity index (χ3n) is 7.09. The van der Waals surface area contributed by atoms with E-state index >= 15 is 0 Å². The van der Waals surface area contributed by atoms with Crippen molar-refractivity contribution >= 4 is 5.78 Å². The van der Waals surface area contributed by atoms with Crippen LogP contribution in [-0.4, -0.2) is 12.9 Å². The number of allylic oxidation sites excluding steroid dienone is 6. The number of ketones is 1. The van der Waals surface area contributed by atoms with Crippen LogP contribution in [0.15, 0.2) is 35.1 Å². The molecule has 22 heavy (non-hydrogen) atoms. The maximum absolute atomic E-state index is 12.4. The van der Waals surface area contributed by atoms with E-state index in [1.54, 1.807) is 12.7 Å². The molecule has 0 saturated heterocycles. The molecule has 0 aliphatic heterocycles. The van der Waals surface area contributed by atoms with E-state index in [2.05, 4.69) is 32.1 Å². The van der Waals surface area contributed by atoms with Crippen molar-refractivity contribution in [3.63, 3.8) is 0 Å². The minimum atomic E-state index is -0.0853. The second-order valence-electron chi connectivity index (χ2n) is 8.00. The van der Waals surface area contributed by atoms with Gasteiger partial charge in [-0.2, -0.15) is 0 Å². The van der Waals surface area contributed by atoms with Crippen molar-refractivity contribution < 1.29 is 9.53 Å².